The highest BCUT2D eigenvalue weighted by Crippen LogP contribution is 2.53. The molecule has 0 unspecified atom stereocenters. The van der Waals surface area contributed by atoms with Gasteiger partial charge in [0.15, 0.2) is 0 Å². The Morgan fingerprint density at radius 3 is 1.43 bits per heavy atom. The lowest BCUT2D eigenvalue weighted by Crippen LogP contribution is -2.37. The lowest BCUT2D eigenvalue weighted by molar-refractivity contribution is 0.475. The average Bonchev–Trinajstić information content (AvgIpc) is 3.18. The topological polar surface area (TPSA) is 6.48 Å². The Bertz CT molecular complexity index is 2720. The summed E-state index contributed by atoms with van der Waals surface area (Å²) in [5.41, 5.74) is 11.5. The maximum absolute atomic E-state index is 2.58. The van der Waals surface area contributed by atoms with Gasteiger partial charge in [-0.3, -0.25) is 0 Å². The van der Waals surface area contributed by atoms with E-state index in [0.717, 1.165) is 12.8 Å². The van der Waals surface area contributed by atoms with Gasteiger partial charge >= 0.3 is 0 Å². The second kappa shape index (κ2) is 13.2. The van der Waals surface area contributed by atoms with Gasteiger partial charge in [0, 0.05) is 38.9 Å². The van der Waals surface area contributed by atoms with E-state index >= 15 is 0 Å². The molecule has 0 spiro atoms. The first kappa shape index (κ1) is 36.5. The van der Waals surface area contributed by atoms with Crippen molar-refractivity contribution >= 4 is 93.0 Å². The zero-order valence-electron chi connectivity index (χ0n) is 34.6. The van der Waals surface area contributed by atoms with E-state index in [-0.39, 0.29) is 5.41 Å². The lowest BCUT2D eigenvalue weighted by atomic mass is 9.70. The quantitative estimate of drug-likeness (QED) is 0.112. The molecule has 0 fully saturated rings. The van der Waals surface area contributed by atoms with Crippen molar-refractivity contribution in [3.05, 3.63) is 156 Å². The van der Waals surface area contributed by atoms with Crippen molar-refractivity contribution in [3.8, 4) is 0 Å². The van der Waals surface area contributed by atoms with Crippen LogP contribution in [0, 0.1) is 6.92 Å². The summed E-state index contributed by atoms with van der Waals surface area (Å²) < 4.78 is 0. The van der Waals surface area contributed by atoms with E-state index in [1.165, 1.54) is 93.5 Å². The summed E-state index contributed by atoms with van der Waals surface area (Å²) in [6.07, 6.45) is 2.17. The van der Waals surface area contributed by atoms with Crippen LogP contribution in [0.5, 0.6) is 0 Å². The molecule has 1 aliphatic rings. The number of hydrogen-bond donors (Lipinski definition) is 0. The van der Waals surface area contributed by atoms with Gasteiger partial charge in [0.05, 0.1) is 27.5 Å². The molecule has 8 aromatic carbocycles. The van der Waals surface area contributed by atoms with E-state index in [0.29, 0.717) is 0 Å². The summed E-state index contributed by atoms with van der Waals surface area (Å²) in [6, 6.07) is 53.3. The molecule has 2 nitrogen and oxygen atoms in total. The number of anilines is 6. The summed E-state index contributed by atoms with van der Waals surface area (Å²) in [7, 11) is -2.94. The minimum atomic E-state index is -1.47. The highest BCUT2D eigenvalue weighted by Gasteiger charge is 2.33. The summed E-state index contributed by atoms with van der Waals surface area (Å²) in [4.78, 5) is 5.02. The first-order chi connectivity index (χ1) is 26.7. The monoisotopic (exact) mass is 762 g/mol. The Morgan fingerprint density at radius 2 is 0.929 bits per heavy atom. The Morgan fingerprint density at radius 1 is 0.464 bits per heavy atom. The number of hydrogen-bond acceptors (Lipinski definition) is 2. The molecule has 0 aliphatic heterocycles. The fourth-order valence-electron chi connectivity index (χ4n) is 9.23. The van der Waals surface area contributed by atoms with E-state index in [1.54, 1.807) is 0 Å². The molecule has 0 bridgehead atoms. The number of para-hydroxylation sites is 2. The first-order valence-electron chi connectivity index (χ1n) is 20.4. The van der Waals surface area contributed by atoms with Gasteiger partial charge < -0.3 is 9.80 Å². The van der Waals surface area contributed by atoms with E-state index < -0.39 is 16.1 Å². The molecule has 280 valence electrons. The molecule has 0 heterocycles. The second-order valence-electron chi connectivity index (χ2n) is 18.8. The van der Waals surface area contributed by atoms with Crippen molar-refractivity contribution in [1.82, 2.24) is 0 Å². The van der Waals surface area contributed by atoms with Crippen molar-refractivity contribution in [3.63, 3.8) is 0 Å². The van der Waals surface area contributed by atoms with E-state index in [4.69, 9.17) is 0 Å². The SMILES string of the molecule is Cc1cc(N(c2ccccc2)c2ccc([Si](C)(C)C)cc2)c2cc3c4c(cc(N(c5ccccc5)c5ccc([Si](C)(C)C)cc5)c5ccc1c2c54)CCC3(C)C. The standard InChI is InChI=1S/C52H54N2Si2/c1-35-32-47(53(37-16-12-10-13-17-37)39-20-24-41(25-21-39)55(4,5)6)45-34-46-49-36(30-31-52(46,2)3)33-48(44-29-28-43(35)50(45)51(44)49)54(38-18-14-11-15-19-38)40-22-26-42(27-23-40)56(7,8)9/h10-29,32-34H,30-31H2,1-9H3. The van der Waals surface area contributed by atoms with Crippen molar-refractivity contribution < 1.29 is 0 Å². The maximum atomic E-state index is 2.58. The summed E-state index contributed by atoms with van der Waals surface area (Å²) >= 11 is 0. The molecule has 9 rings (SSSR count). The zero-order valence-corrected chi connectivity index (χ0v) is 36.6. The molecule has 0 amide bonds. The average molecular weight is 763 g/mol. The number of rotatable bonds is 8. The van der Waals surface area contributed by atoms with E-state index in [9.17, 15) is 0 Å². The zero-order chi connectivity index (χ0) is 39.1. The van der Waals surface area contributed by atoms with Crippen LogP contribution in [0.25, 0.3) is 32.3 Å². The minimum absolute atomic E-state index is 0.0335. The predicted octanol–water partition coefficient (Wildman–Crippen LogP) is 14.1. The molecule has 56 heavy (non-hydrogen) atoms. The molecule has 0 N–H and O–H groups in total. The van der Waals surface area contributed by atoms with Gasteiger partial charge in [-0.15, -0.1) is 0 Å². The molecular weight excluding hydrogens is 709 g/mol. The smallest absolute Gasteiger partial charge is 0.0775 e. The van der Waals surface area contributed by atoms with Crippen LogP contribution in [0.1, 0.15) is 37.0 Å². The normalized spacial score (nSPS) is 14.2. The lowest BCUT2D eigenvalue weighted by Gasteiger charge is -2.37. The van der Waals surface area contributed by atoms with Gasteiger partial charge in [0.2, 0.25) is 0 Å². The summed E-state index contributed by atoms with van der Waals surface area (Å²) in [6.45, 7) is 21.8. The molecule has 0 aromatic heterocycles. The van der Waals surface area contributed by atoms with Gasteiger partial charge in [-0.25, -0.2) is 0 Å². The van der Waals surface area contributed by atoms with Gasteiger partial charge in [-0.2, -0.15) is 0 Å². The van der Waals surface area contributed by atoms with Crippen molar-refractivity contribution in [2.45, 2.75) is 78.3 Å². The van der Waals surface area contributed by atoms with Gasteiger partial charge in [0.1, 0.15) is 0 Å². The Balaban J connectivity index is 1.38. The van der Waals surface area contributed by atoms with Gasteiger partial charge in [0.25, 0.3) is 0 Å². The molecule has 4 heteroatoms. The van der Waals surface area contributed by atoms with Crippen molar-refractivity contribution in [1.29, 1.82) is 0 Å². The van der Waals surface area contributed by atoms with E-state index in [1.807, 2.05) is 0 Å². The first-order valence-corrected chi connectivity index (χ1v) is 27.4. The van der Waals surface area contributed by atoms with Gasteiger partial charge in [-0.1, -0.05) is 136 Å². The highest BCUT2D eigenvalue weighted by atomic mass is 28.3. The largest absolute Gasteiger partial charge is 0.310 e. The third kappa shape index (κ3) is 6.06. The van der Waals surface area contributed by atoms with Crippen molar-refractivity contribution in [2.75, 3.05) is 9.80 Å². The van der Waals surface area contributed by atoms with Crippen LogP contribution in [0.2, 0.25) is 39.3 Å². The Labute approximate surface area is 335 Å². The minimum Gasteiger partial charge on any atom is -0.310 e. The molecular formula is C52H54N2Si2. The van der Waals surface area contributed by atoms with Crippen LogP contribution in [-0.4, -0.2) is 16.1 Å². The van der Waals surface area contributed by atoms with Crippen LogP contribution in [0.4, 0.5) is 34.1 Å². The molecule has 0 saturated heterocycles. The molecule has 1 aliphatic carbocycles. The van der Waals surface area contributed by atoms with E-state index in [2.05, 4.69) is 209 Å². The second-order valence-corrected chi connectivity index (χ2v) is 29.0. The van der Waals surface area contributed by atoms with Gasteiger partial charge in [-0.05, 0) is 125 Å². The van der Waals surface area contributed by atoms with Crippen LogP contribution in [0.15, 0.2) is 140 Å². The molecule has 8 aromatic rings. The Hall–Kier alpha value is -5.17. The van der Waals surface area contributed by atoms with Crippen LogP contribution >= 0.6 is 0 Å². The number of aryl methyl sites for hydroxylation is 2. The molecule has 0 radical (unpaired) electrons. The van der Waals surface area contributed by atoms with Crippen LogP contribution in [-0.2, 0) is 11.8 Å². The number of nitrogens with zero attached hydrogens (tertiary/aromatic N) is 2. The number of benzene rings is 8. The fourth-order valence-corrected chi connectivity index (χ4v) is 11.6. The fraction of sp³-hybridized carbons (Fsp3) is 0.231. The van der Waals surface area contributed by atoms with Crippen molar-refractivity contribution in [2.24, 2.45) is 0 Å². The summed E-state index contributed by atoms with van der Waals surface area (Å²) in [5.74, 6) is 0. The maximum Gasteiger partial charge on any atom is 0.0775 e. The van der Waals surface area contributed by atoms with Crippen LogP contribution in [0.3, 0.4) is 0 Å². The highest BCUT2D eigenvalue weighted by molar-refractivity contribution is 6.89. The molecule has 0 atom stereocenters. The predicted molar refractivity (Wildman–Crippen MR) is 252 cm³/mol. The third-order valence-electron chi connectivity index (χ3n) is 12.5. The summed E-state index contributed by atoms with van der Waals surface area (Å²) in [5, 5.41) is 11.2. The Kier molecular flexibility index (Phi) is 8.61. The third-order valence-corrected chi connectivity index (χ3v) is 16.6. The van der Waals surface area contributed by atoms with Crippen LogP contribution < -0.4 is 20.2 Å². The molecule has 0 saturated carbocycles.